The summed E-state index contributed by atoms with van der Waals surface area (Å²) < 4.78 is 81.7. The molecular formula is C25H18ClF6N9O3. The zero-order chi connectivity index (χ0) is 32.4. The molecule has 2 heterocycles. The van der Waals surface area contributed by atoms with Gasteiger partial charge in [0.1, 0.15) is 18.0 Å². The minimum Gasteiger partial charge on any atom is -0.406 e. The summed E-state index contributed by atoms with van der Waals surface area (Å²) in [5, 5.41) is 28.0. The molecule has 2 N–H and O–H groups in total. The third kappa shape index (κ3) is 7.23. The lowest BCUT2D eigenvalue weighted by Gasteiger charge is -2.15. The Bertz CT molecular complexity index is 1780. The van der Waals surface area contributed by atoms with Crippen LogP contribution < -0.4 is 15.4 Å². The molecular weight excluding hydrogens is 624 g/mol. The van der Waals surface area contributed by atoms with Gasteiger partial charge >= 0.3 is 12.5 Å². The minimum atomic E-state index is -5.01. The van der Waals surface area contributed by atoms with Crippen molar-refractivity contribution in [1.29, 1.82) is 5.26 Å². The fourth-order valence-electron chi connectivity index (χ4n) is 3.97. The summed E-state index contributed by atoms with van der Waals surface area (Å²) in [5.74, 6) is -3.38. The predicted molar refractivity (Wildman–Crippen MR) is 139 cm³/mol. The first-order chi connectivity index (χ1) is 20.6. The van der Waals surface area contributed by atoms with Crippen LogP contribution >= 0.6 is 11.6 Å². The summed E-state index contributed by atoms with van der Waals surface area (Å²) in [6, 6.07) is 8.80. The largest absolute Gasteiger partial charge is 0.573 e. The van der Waals surface area contributed by atoms with E-state index in [-0.39, 0.29) is 38.9 Å². The van der Waals surface area contributed by atoms with E-state index in [1.54, 1.807) is 6.92 Å². The normalized spacial score (nSPS) is 11.6. The summed E-state index contributed by atoms with van der Waals surface area (Å²) >= 11 is 6.22. The molecule has 2 aromatic heterocycles. The molecule has 0 saturated heterocycles. The van der Waals surface area contributed by atoms with E-state index in [0.717, 1.165) is 22.9 Å². The fourth-order valence-corrected chi connectivity index (χ4v) is 4.22. The second-order valence-electron chi connectivity index (χ2n) is 8.92. The van der Waals surface area contributed by atoms with E-state index < -0.39 is 48.9 Å². The Labute approximate surface area is 248 Å². The maximum atomic E-state index is 13.5. The molecule has 230 valence electrons. The summed E-state index contributed by atoms with van der Waals surface area (Å²) in [6.45, 7) is 0.661. The molecule has 19 heteroatoms. The number of tetrazole rings is 1. The number of ether oxygens (including phenoxy) is 1. The molecule has 4 rings (SSSR count). The van der Waals surface area contributed by atoms with E-state index in [1.807, 2.05) is 6.07 Å². The molecule has 0 aliphatic rings. The van der Waals surface area contributed by atoms with Crippen molar-refractivity contribution < 1.29 is 40.7 Å². The summed E-state index contributed by atoms with van der Waals surface area (Å²) in [6.07, 6.45) is -9.87. The molecule has 4 aromatic rings. The Hall–Kier alpha value is -5.18. The summed E-state index contributed by atoms with van der Waals surface area (Å²) in [7, 11) is 1.38. The standard InChI is InChI=1S/C25H18ClF6N9O3/c1-12-5-13(9-33)6-16(22(43)34-2)21(12)35-10-20(42)19-7-14(11-40-38-23(36-39-40)24(27,28)29)37-41(19)18-4-3-15(8-17(18)26)44-25(30,31)32/h3-8,35H,10-11H2,1-2H3,(H,34,43). The average molecular weight is 642 g/mol. The number of aryl methyl sites for hydroxylation is 1. The lowest BCUT2D eigenvalue weighted by atomic mass is 10.0. The van der Waals surface area contributed by atoms with Gasteiger partial charge in [0.2, 0.25) is 0 Å². The number of alkyl halides is 6. The number of hydrogen-bond donors (Lipinski definition) is 2. The zero-order valence-corrected chi connectivity index (χ0v) is 23.1. The van der Waals surface area contributed by atoms with Crippen molar-refractivity contribution >= 4 is 29.0 Å². The molecule has 2 aromatic carbocycles. The number of amides is 1. The Morgan fingerprint density at radius 2 is 1.82 bits per heavy atom. The van der Waals surface area contributed by atoms with Crippen molar-refractivity contribution in [2.75, 3.05) is 18.9 Å². The van der Waals surface area contributed by atoms with Crippen LogP contribution in [0.1, 0.15) is 43.5 Å². The number of rotatable bonds is 9. The van der Waals surface area contributed by atoms with Crippen LogP contribution in [0.2, 0.25) is 5.02 Å². The van der Waals surface area contributed by atoms with Crippen molar-refractivity contribution in [3.05, 3.63) is 75.3 Å². The molecule has 0 radical (unpaired) electrons. The van der Waals surface area contributed by atoms with Crippen LogP contribution in [0, 0.1) is 18.3 Å². The number of halogens is 7. The van der Waals surface area contributed by atoms with E-state index >= 15 is 0 Å². The molecule has 1 amide bonds. The molecule has 0 saturated carbocycles. The van der Waals surface area contributed by atoms with Crippen molar-refractivity contribution in [2.24, 2.45) is 0 Å². The number of benzene rings is 2. The second-order valence-corrected chi connectivity index (χ2v) is 9.33. The first-order valence-corrected chi connectivity index (χ1v) is 12.5. The van der Waals surface area contributed by atoms with Gasteiger partial charge in [0.15, 0.2) is 5.78 Å². The first-order valence-electron chi connectivity index (χ1n) is 12.1. The van der Waals surface area contributed by atoms with Crippen molar-refractivity contribution in [3.63, 3.8) is 0 Å². The third-order valence-electron chi connectivity index (χ3n) is 5.80. The van der Waals surface area contributed by atoms with Gasteiger partial charge in [-0.15, -0.1) is 23.4 Å². The molecule has 0 atom stereocenters. The van der Waals surface area contributed by atoms with E-state index in [0.29, 0.717) is 10.4 Å². The maximum absolute atomic E-state index is 13.5. The van der Waals surface area contributed by atoms with Crippen LogP contribution in [0.4, 0.5) is 32.0 Å². The number of carbonyl (C=O) groups is 2. The molecule has 0 unspecified atom stereocenters. The number of anilines is 1. The van der Waals surface area contributed by atoms with Crippen molar-refractivity contribution in [1.82, 2.24) is 35.3 Å². The van der Waals surface area contributed by atoms with Gasteiger partial charge in [-0.1, -0.05) is 11.6 Å². The Kier molecular flexibility index (Phi) is 8.81. The lowest BCUT2D eigenvalue weighted by molar-refractivity contribution is -0.274. The number of carbonyl (C=O) groups excluding carboxylic acids is 2. The van der Waals surface area contributed by atoms with Crippen LogP contribution in [-0.4, -0.2) is 61.6 Å². The maximum Gasteiger partial charge on any atom is 0.573 e. The van der Waals surface area contributed by atoms with Crippen LogP contribution in [0.5, 0.6) is 5.75 Å². The number of aromatic nitrogens is 6. The first kappa shape index (κ1) is 31.7. The van der Waals surface area contributed by atoms with Gasteiger partial charge in [-0.3, -0.25) is 9.59 Å². The van der Waals surface area contributed by atoms with Crippen LogP contribution in [-0.2, 0) is 12.7 Å². The second kappa shape index (κ2) is 12.2. The number of nitrogens with one attached hydrogen (secondary N) is 2. The van der Waals surface area contributed by atoms with Gasteiger partial charge in [0.25, 0.3) is 11.7 Å². The monoisotopic (exact) mass is 641 g/mol. The molecule has 44 heavy (non-hydrogen) atoms. The van der Waals surface area contributed by atoms with Gasteiger partial charge in [-0.05, 0) is 48.0 Å². The fraction of sp³-hybridized carbons (Fsp3) is 0.240. The lowest BCUT2D eigenvalue weighted by Crippen LogP contribution is -2.23. The van der Waals surface area contributed by atoms with Crippen molar-refractivity contribution in [3.8, 4) is 17.5 Å². The smallest absolute Gasteiger partial charge is 0.406 e. The topological polar surface area (TPSA) is 153 Å². The highest BCUT2D eigenvalue weighted by molar-refractivity contribution is 6.32. The average Bonchev–Trinajstić information content (AvgIpc) is 3.58. The summed E-state index contributed by atoms with van der Waals surface area (Å²) in [4.78, 5) is 26.5. The number of nitrogens with zero attached hydrogens (tertiary/aromatic N) is 7. The van der Waals surface area contributed by atoms with E-state index in [2.05, 4.69) is 35.9 Å². The van der Waals surface area contributed by atoms with E-state index in [1.165, 1.54) is 25.2 Å². The summed E-state index contributed by atoms with van der Waals surface area (Å²) in [5.41, 5.74) is 0.677. The number of ketones is 1. The van der Waals surface area contributed by atoms with E-state index in [4.69, 9.17) is 11.6 Å². The molecule has 0 aliphatic heterocycles. The van der Waals surface area contributed by atoms with Crippen LogP contribution in [0.3, 0.4) is 0 Å². The van der Waals surface area contributed by atoms with E-state index in [9.17, 15) is 41.2 Å². The molecule has 0 aliphatic carbocycles. The molecule has 12 nitrogen and oxygen atoms in total. The Morgan fingerprint density at radius 1 is 1.09 bits per heavy atom. The highest BCUT2D eigenvalue weighted by Crippen LogP contribution is 2.31. The van der Waals surface area contributed by atoms with Crippen LogP contribution in [0.15, 0.2) is 36.4 Å². The van der Waals surface area contributed by atoms with Gasteiger partial charge in [0, 0.05) is 13.1 Å². The van der Waals surface area contributed by atoms with Gasteiger partial charge in [-0.2, -0.15) is 28.3 Å². The molecule has 0 spiro atoms. The molecule has 0 bridgehead atoms. The van der Waals surface area contributed by atoms with Gasteiger partial charge in [-0.25, -0.2) is 4.68 Å². The number of nitriles is 1. The highest BCUT2D eigenvalue weighted by Gasteiger charge is 2.37. The van der Waals surface area contributed by atoms with Gasteiger partial charge in [0.05, 0.1) is 45.8 Å². The Balaban J connectivity index is 1.71. The number of hydrogen-bond acceptors (Lipinski definition) is 9. The predicted octanol–water partition coefficient (Wildman–Crippen LogP) is 4.31. The van der Waals surface area contributed by atoms with Gasteiger partial charge < -0.3 is 15.4 Å². The highest BCUT2D eigenvalue weighted by atomic mass is 35.5. The minimum absolute atomic E-state index is 0.0354. The Morgan fingerprint density at radius 3 is 2.41 bits per heavy atom. The number of Topliss-reactive ketones (excluding diaryl/α,β-unsaturated/α-hetero) is 1. The van der Waals surface area contributed by atoms with Crippen molar-refractivity contribution in [2.45, 2.75) is 26.0 Å². The molecule has 0 fully saturated rings. The zero-order valence-electron chi connectivity index (χ0n) is 22.4. The SMILES string of the molecule is CNC(=O)c1cc(C#N)cc(C)c1NCC(=O)c1cc(Cn2nnc(C(F)(F)F)n2)nn1-c1ccc(OC(F)(F)F)cc1Cl. The third-order valence-corrected chi connectivity index (χ3v) is 6.10. The quantitative estimate of drug-likeness (QED) is 0.201. The van der Waals surface area contributed by atoms with Crippen LogP contribution in [0.25, 0.3) is 5.69 Å².